The lowest BCUT2D eigenvalue weighted by atomic mass is 9.88. The first-order valence-corrected chi connectivity index (χ1v) is 42.8. The van der Waals surface area contributed by atoms with Crippen molar-refractivity contribution in [2.45, 2.75) is 220 Å². The summed E-state index contributed by atoms with van der Waals surface area (Å²) >= 11 is 20.7. The Labute approximate surface area is 689 Å². The molecular formula is C90H122Cl3N15O6. The summed E-state index contributed by atoms with van der Waals surface area (Å²) in [5.41, 5.74) is 11.9. The van der Waals surface area contributed by atoms with Crippen molar-refractivity contribution in [3.63, 3.8) is 0 Å². The molecule has 6 N–H and O–H groups in total. The van der Waals surface area contributed by atoms with Crippen LogP contribution >= 0.6 is 34.8 Å². The second kappa shape index (κ2) is 37.8. The number of carbonyl (C=O) groups is 3. The van der Waals surface area contributed by atoms with Gasteiger partial charge in [0.1, 0.15) is 11.6 Å². The van der Waals surface area contributed by atoms with Crippen molar-refractivity contribution in [3.8, 4) is 11.3 Å². The highest BCUT2D eigenvalue weighted by atomic mass is 35.5. The zero-order valence-corrected chi connectivity index (χ0v) is 72.0. The molecule has 7 aromatic rings. The minimum Gasteiger partial charge on any atom is -0.369 e. The lowest BCUT2D eigenvalue weighted by Crippen LogP contribution is -2.58. The van der Waals surface area contributed by atoms with E-state index in [1.165, 1.54) is 0 Å². The number of rotatable bonds is 28. The van der Waals surface area contributed by atoms with Gasteiger partial charge in [0.25, 0.3) is 17.7 Å². The van der Waals surface area contributed by atoms with Gasteiger partial charge in [0, 0.05) is 197 Å². The van der Waals surface area contributed by atoms with Gasteiger partial charge in [0.15, 0.2) is 16.3 Å². The number of carbonyl (C=O) groups excluding carboxylic acids is 3. The topological polar surface area (TPSA) is 215 Å². The largest absolute Gasteiger partial charge is 0.369 e. The van der Waals surface area contributed by atoms with Gasteiger partial charge in [-0.15, -0.1) is 0 Å². The van der Waals surface area contributed by atoms with Crippen LogP contribution in [0.3, 0.4) is 0 Å². The number of amides is 3. The fraction of sp³-hybridized carbons (Fsp3) is 0.533. The maximum Gasteiger partial charge on any atom is 0.251 e. The molecule has 3 saturated carbocycles. The summed E-state index contributed by atoms with van der Waals surface area (Å²) < 4.78 is 0. The average molecular weight is 1620 g/mol. The molecule has 3 aliphatic carbocycles. The summed E-state index contributed by atoms with van der Waals surface area (Å²) in [7, 11) is 10.9. The number of benzene rings is 4. The number of aromatic nitrogens is 3. The number of piperazine rings is 1. The number of pyridine rings is 3. The van der Waals surface area contributed by atoms with E-state index >= 15 is 0 Å². The van der Waals surface area contributed by atoms with Crippen LogP contribution < -0.4 is 56.7 Å². The van der Waals surface area contributed by atoms with Crippen LogP contribution in [0.5, 0.6) is 0 Å². The number of hydrogen-bond donors (Lipinski definition) is 6. The number of halogens is 3. The number of likely N-dealkylation sites (N-methyl/N-ethyl adjacent to an activating group) is 3. The molecular weight excluding hydrogens is 1490 g/mol. The molecule has 0 bridgehead atoms. The maximum atomic E-state index is 14.7. The van der Waals surface area contributed by atoms with E-state index in [0.717, 1.165) is 210 Å². The van der Waals surface area contributed by atoms with Crippen LogP contribution in [0.1, 0.15) is 192 Å². The molecule has 5 heterocycles. The van der Waals surface area contributed by atoms with Gasteiger partial charge >= 0.3 is 0 Å². The quantitative estimate of drug-likeness (QED) is 0.0269. The summed E-state index contributed by atoms with van der Waals surface area (Å²) in [6.07, 6.45) is 14.1. The third-order valence-corrected chi connectivity index (χ3v) is 26.4. The molecule has 4 aromatic carbocycles. The van der Waals surface area contributed by atoms with Gasteiger partial charge in [-0.2, -0.15) is 0 Å². The van der Waals surface area contributed by atoms with Crippen LogP contribution in [0.2, 0.25) is 15.1 Å². The molecule has 3 aromatic heterocycles. The third-order valence-electron chi connectivity index (χ3n) is 25.8. The molecule has 5 fully saturated rings. The van der Waals surface area contributed by atoms with Gasteiger partial charge < -0.3 is 75.0 Å². The lowest BCUT2D eigenvalue weighted by Gasteiger charge is -2.46. The first-order chi connectivity index (χ1) is 54.6. The Kier molecular flexibility index (Phi) is 28.3. The molecule has 21 nitrogen and oxygen atoms in total. The molecule has 2 unspecified atom stereocenters. The molecule has 114 heavy (non-hydrogen) atoms. The number of hydrogen-bond acceptors (Lipinski definition) is 15. The van der Waals surface area contributed by atoms with E-state index in [4.69, 9.17) is 34.8 Å². The molecule has 24 heteroatoms. The number of H-pyrrole nitrogens is 3. The molecule has 3 amide bonds. The van der Waals surface area contributed by atoms with Crippen molar-refractivity contribution in [3.05, 3.63) is 198 Å². The zero-order chi connectivity index (χ0) is 81.5. The number of nitrogens with one attached hydrogen (secondary N) is 6. The molecule has 614 valence electrons. The highest BCUT2D eigenvalue weighted by Gasteiger charge is 2.38. The Morgan fingerprint density at radius 3 is 1.20 bits per heavy atom. The van der Waals surface area contributed by atoms with Crippen molar-refractivity contribution in [1.82, 2.24) is 50.5 Å². The van der Waals surface area contributed by atoms with Crippen molar-refractivity contribution in [1.29, 1.82) is 0 Å². The second-order valence-electron chi connectivity index (χ2n) is 33.4. The molecule has 5 aliphatic rings. The minimum absolute atomic E-state index is 0.0264. The average Bonchev–Trinajstić information content (AvgIpc) is 1.44. The molecule has 2 aliphatic heterocycles. The molecule has 2 atom stereocenters. The Bertz CT molecular complexity index is 4750. The summed E-state index contributed by atoms with van der Waals surface area (Å²) in [5.74, 6) is 0.675. The van der Waals surface area contributed by atoms with Crippen molar-refractivity contribution < 1.29 is 14.4 Å². The molecule has 0 radical (unpaired) electrons. The number of aromatic amines is 3. The van der Waals surface area contributed by atoms with Gasteiger partial charge in [0.2, 0.25) is 0 Å². The van der Waals surface area contributed by atoms with E-state index in [-0.39, 0.29) is 77.8 Å². The smallest absolute Gasteiger partial charge is 0.251 e. The van der Waals surface area contributed by atoms with Crippen LogP contribution in [0, 0.1) is 41.5 Å². The predicted molar refractivity (Wildman–Crippen MR) is 468 cm³/mol. The van der Waals surface area contributed by atoms with Crippen molar-refractivity contribution in [2.75, 3.05) is 119 Å². The first kappa shape index (κ1) is 85.2. The number of anilines is 5. The number of aryl methyl sites for hydroxylation is 3. The van der Waals surface area contributed by atoms with Gasteiger partial charge in [-0.05, 0) is 246 Å². The first-order valence-electron chi connectivity index (χ1n) is 41.7. The fourth-order valence-electron chi connectivity index (χ4n) is 19.5. The van der Waals surface area contributed by atoms with E-state index in [0.29, 0.717) is 84.9 Å². The summed E-state index contributed by atoms with van der Waals surface area (Å²) in [5, 5.41) is 10.9. The third kappa shape index (κ3) is 19.4. The van der Waals surface area contributed by atoms with Crippen LogP contribution in [0.15, 0.2) is 99.3 Å². The lowest BCUT2D eigenvalue weighted by molar-refractivity contribution is 0.0942. The highest BCUT2D eigenvalue weighted by Crippen LogP contribution is 2.40. The van der Waals surface area contributed by atoms with Gasteiger partial charge in [0.05, 0.1) is 36.0 Å². The van der Waals surface area contributed by atoms with Crippen LogP contribution in [-0.4, -0.2) is 195 Å². The van der Waals surface area contributed by atoms with Crippen molar-refractivity contribution >= 4 is 81.2 Å². The minimum atomic E-state index is -0.295. The van der Waals surface area contributed by atoms with E-state index in [9.17, 15) is 28.8 Å². The van der Waals surface area contributed by atoms with E-state index in [2.05, 4.69) is 131 Å². The fourth-order valence-corrected chi connectivity index (χ4v) is 20.1. The van der Waals surface area contributed by atoms with Crippen LogP contribution in [0.25, 0.3) is 11.3 Å². The summed E-state index contributed by atoms with van der Waals surface area (Å²) in [4.78, 5) is 117. The van der Waals surface area contributed by atoms with E-state index < -0.39 is 0 Å². The van der Waals surface area contributed by atoms with Gasteiger partial charge in [-0.3, -0.25) is 28.8 Å². The molecule has 0 spiro atoms. The van der Waals surface area contributed by atoms with Crippen LogP contribution in [-0.2, 0) is 19.6 Å². The molecule has 2 saturated heterocycles. The standard InChI is InChI=1S/C90H122Cl3N15O6/c1-15-104(68-31-25-65(26-32-68)100(10)11)79-46-63(92)44-74(59(79)8)89(113)95-50-77-83(110)41-56(5)98-86(77)107-37-21-24-71(107)53-102(13)66-27-33-69(34-28-66)105(16-2)81-48-64(93)45-75(60(81)9)90(114)96-51-78-84(111)42-57(6)99-87(78)108-39-38-101(12)52-72(108)54-103(14)67-29-35-70(36-30-67)106(17-3)80-47-62(91)43-73(58(80)7)88(112)94-49-76-82(109)40-55(4)97-85(76)61-22-19-18-20-23-61/h18-20,22-23,40-48,65-72H,15-17,21,24-39,49-54H2,1-14H3,(H,94,112)(H,95,113)(H,96,114)(H,97,109)(H,98,110)(H,99,111). The summed E-state index contributed by atoms with van der Waals surface area (Å²) in [6.45, 7) is 25.3. The number of nitrogens with zero attached hydrogens (tertiary/aromatic N) is 9. The van der Waals surface area contributed by atoms with Gasteiger partial charge in [-0.1, -0.05) is 65.1 Å². The molecule has 12 rings (SSSR count). The highest BCUT2D eigenvalue weighted by molar-refractivity contribution is 6.32. The summed E-state index contributed by atoms with van der Waals surface area (Å²) in [6, 6.07) is 27.9. The second-order valence-corrected chi connectivity index (χ2v) is 34.7. The normalized spacial score (nSPS) is 20.9. The predicted octanol–water partition coefficient (Wildman–Crippen LogP) is 14.3. The zero-order valence-electron chi connectivity index (χ0n) is 69.7. The Hall–Kier alpha value is -8.15. The maximum absolute atomic E-state index is 14.7. The Balaban J connectivity index is 0.653. The van der Waals surface area contributed by atoms with Crippen molar-refractivity contribution in [2.24, 2.45) is 0 Å². The Morgan fingerprint density at radius 2 is 0.798 bits per heavy atom. The SMILES string of the molecule is CCN(c1cc(Cl)cc(C(=O)NCc2c(-c3ccccc3)[nH]c(C)cc2=O)c1C)C1CCC(N(C)CC2CN(C)CCN2c2[nH]c(C)cc(=O)c2CNC(=O)c2cc(Cl)cc(N(CC)C3CCC(N(C)CC4CCCN4c4[nH]c(C)cc(=O)c4CNC(=O)c4cc(Cl)cc(N(CC)C5CCC(N(C)C)CC5)c4C)CC3)c2C)CC1. The van der Waals surface area contributed by atoms with E-state index in [1.54, 1.807) is 36.4 Å². The van der Waals surface area contributed by atoms with Gasteiger partial charge in [-0.25, -0.2) is 0 Å². The monoisotopic (exact) mass is 1610 g/mol. The Morgan fingerprint density at radius 1 is 0.439 bits per heavy atom. The van der Waals surface area contributed by atoms with Crippen LogP contribution in [0.4, 0.5) is 28.7 Å². The van der Waals surface area contributed by atoms with E-state index in [1.807, 2.05) is 90.1 Å².